The molecule has 0 fully saturated rings. The van der Waals surface area contributed by atoms with E-state index in [0.29, 0.717) is 13.0 Å². The molecule has 2 N–H and O–H groups in total. The lowest BCUT2D eigenvalue weighted by Crippen LogP contribution is -2.42. The van der Waals surface area contributed by atoms with E-state index in [-0.39, 0.29) is 12.3 Å². The highest BCUT2D eigenvalue weighted by Crippen LogP contribution is 2.15. The lowest BCUT2D eigenvalue weighted by Gasteiger charge is -2.14. The molecule has 44 heavy (non-hydrogen) atoms. The number of hydrogen-bond donors (Lipinski definition) is 2. The summed E-state index contributed by atoms with van der Waals surface area (Å²) in [5, 5.41) is 11.9. The fourth-order valence-corrected chi connectivity index (χ4v) is 5.83. The van der Waals surface area contributed by atoms with Crippen LogP contribution >= 0.6 is 0 Å². The van der Waals surface area contributed by atoms with Crippen LogP contribution in [0.5, 0.6) is 0 Å². The second-order valence-corrected chi connectivity index (χ2v) is 13.2. The van der Waals surface area contributed by atoms with E-state index in [1.165, 1.54) is 148 Å². The molecule has 0 saturated heterocycles. The van der Waals surface area contributed by atoms with Gasteiger partial charge in [0.1, 0.15) is 6.04 Å². The van der Waals surface area contributed by atoms with E-state index in [2.05, 4.69) is 19.2 Å². The Labute approximate surface area is 272 Å². The van der Waals surface area contributed by atoms with E-state index in [4.69, 9.17) is 4.74 Å². The molecule has 6 heteroatoms. The SMILES string of the molecule is CCCCCCCCCCCCCCCCCCCCOC(=O)C[C@H](NC(=O)CCCCCCCCCCCCC)C(=O)O. The van der Waals surface area contributed by atoms with Gasteiger partial charge in [-0.15, -0.1) is 0 Å². The van der Waals surface area contributed by atoms with Crippen LogP contribution in [-0.4, -0.2) is 35.6 Å². The first-order chi connectivity index (χ1) is 21.5. The van der Waals surface area contributed by atoms with Crippen LogP contribution in [0, 0.1) is 0 Å². The normalized spacial score (nSPS) is 11.9. The molecule has 1 amide bonds. The number of ether oxygens (including phenoxy) is 1. The molecule has 0 aromatic heterocycles. The van der Waals surface area contributed by atoms with Gasteiger partial charge in [-0.05, 0) is 12.8 Å². The van der Waals surface area contributed by atoms with Gasteiger partial charge in [-0.2, -0.15) is 0 Å². The molecule has 0 aromatic rings. The maximum Gasteiger partial charge on any atom is 0.326 e. The summed E-state index contributed by atoms with van der Waals surface area (Å²) in [5.41, 5.74) is 0. The third-order valence-electron chi connectivity index (χ3n) is 8.77. The highest BCUT2D eigenvalue weighted by atomic mass is 16.5. The minimum atomic E-state index is -1.22. The third-order valence-corrected chi connectivity index (χ3v) is 8.77. The molecule has 0 aliphatic carbocycles. The molecule has 0 aromatic carbocycles. The summed E-state index contributed by atoms with van der Waals surface area (Å²) in [7, 11) is 0. The van der Waals surface area contributed by atoms with Crippen LogP contribution in [0.2, 0.25) is 0 Å². The number of nitrogens with one attached hydrogen (secondary N) is 1. The third kappa shape index (κ3) is 31.8. The van der Waals surface area contributed by atoms with Gasteiger partial charge in [0, 0.05) is 6.42 Å². The molecule has 0 heterocycles. The lowest BCUT2D eigenvalue weighted by molar-refractivity contribution is -0.150. The monoisotopic (exact) mass is 624 g/mol. The van der Waals surface area contributed by atoms with E-state index in [1.54, 1.807) is 0 Å². The van der Waals surface area contributed by atoms with Crippen LogP contribution in [0.15, 0.2) is 0 Å². The zero-order valence-electron chi connectivity index (χ0n) is 29.3. The molecular weight excluding hydrogens is 550 g/mol. The van der Waals surface area contributed by atoms with Gasteiger partial charge >= 0.3 is 11.9 Å². The van der Waals surface area contributed by atoms with Crippen molar-refractivity contribution in [3.63, 3.8) is 0 Å². The predicted molar refractivity (Wildman–Crippen MR) is 185 cm³/mol. The second kappa shape index (κ2) is 34.3. The van der Waals surface area contributed by atoms with Gasteiger partial charge in [0.25, 0.3) is 0 Å². The zero-order chi connectivity index (χ0) is 32.4. The average Bonchev–Trinajstić information content (AvgIpc) is 3.00. The standard InChI is InChI=1S/C38H73NO5/c1-3-5-7-9-11-13-15-16-17-18-19-20-21-23-25-27-29-31-33-44-37(41)34-35(38(42)43)39-36(40)32-30-28-26-24-22-14-12-10-8-6-4-2/h35H,3-34H2,1-2H3,(H,39,40)(H,42,43)/t35-/m0/s1. The molecule has 0 rings (SSSR count). The summed E-state index contributed by atoms with van der Waals surface area (Å²) in [4.78, 5) is 35.9. The molecule has 0 unspecified atom stereocenters. The fourth-order valence-electron chi connectivity index (χ4n) is 5.83. The minimum absolute atomic E-state index is 0.301. The van der Waals surface area contributed by atoms with E-state index in [9.17, 15) is 19.5 Å². The molecule has 0 radical (unpaired) electrons. The number of carbonyl (C=O) groups excluding carboxylic acids is 2. The summed E-state index contributed by atoms with van der Waals surface area (Å²) in [5.74, 6) is -2.05. The Hall–Kier alpha value is -1.59. The van der Waals surface area contributed by atoms with E-state index < -0.39 is 18.0 Å². The van der Waals surface area contributed by atoms with Crippen LogP contribution in [0.25, 0.3) is 0 Å². The van der Waals surface area contributed by atoms with Crippen LogP contribution < -0.4 is 5.32 Å². The van der Waals surface area contributed by atoms with Gasteiger partial charge < -0.3 is 15.2 Å². The van der Waals surface area contributed by atoms with Gasteiger partial charge in [-0.3, -0.25) is 9.59 Å². The topological polar surface area (TPSA) is 92.7 Å². The van der Waals surface area contributed by atoms with Crippen molar-refractivity contribution in [2.45, 2.75) is 219 Å². The van der Waals surface area contributed by atoms with E-state index in [0.717, 1.165) is 38.5 Å². The first kappa shape index (κ1) is 42.4. The largest absolute Gasteiger partial charge is 0.480 e. The van der Waals surface area contributed by atoms with Crippen molar-refractivity contribution >= 4 is 17.8 Å². The van der Waals surface area contributed by atoms with Crippen molar-refractivity contribution in [3.05, 3.63) is 0 Å². The van der Waals surface area contributed by atoms with Crippen molar-refractivity contribution in [1.82, 2.24) is 5.32 Å². The van der Waals surface area contributed by atoms with Gasteiger partial charge in [0.15, 0.2) is 0 Å². The lowest BCUT2D eigenvalue weighted by atomic mass is 10.0. The molecule has 0 saturated carbocycles. The van der Waals surface area contributed by atoms with Crippen molar-refractivity contribution in [3.8, 4) is 0 Å². The van der Waals surface area contributed by atoms with Crippen molar-refractivity contribution < 1.29 is 24.2 Å². The highest BCUT2D eigenvalue weighted by Gasteiger charge is 2.23. The van der Waals surface area contributed by atoms with Gasteiger partial charge in [-0.1, -0.05) is 187 Å². The van der Waals surface area contributed by atoms with Gasteiger partial charge in [0.2, 0.25) is 5.91 Å². The van der Waals surface area contributed by atoms with Crippen molar-refractivity contribution in [2.24, 2.45) is 0 Å². The first-order valence-corrected chi connectivity index (χ1v) is 19.2. The molecule has 260 valence electrons. The number of amides is 1. The first-order valence-electron chi connectivity index (χ1n) is 19.2. The van der Waals surface area contributed by atoms with Gasteiger partial charge in [0.05, 0.1) is 13.0 Å². The molecule has 1 atom stereocenters. The zero-order valence-corrected chi connectivity index (χ0v) is 29.3. The summed E-state index contributed by atoms with van der Waals surface area (Å²) >= 11 is 0. The Balaban J connectivity index is 3.59. The van der Waals surface area contributed by atoms with Crippen LogP contribution in [0.1, 0.15) is 213 Å². The predicted octanol–water partition coefficient (Wildman–Crippen LogP) is 11.2. The Kier molecular flexibility index (Phi) is 33.0. The highest BCUT2D eigenvalue weighted by molar-refractivity contribution is 5.87. The summed E-state index contributed by atoms with van der Waals surface area (Å²) in [6, 6.07) is -1.22. The molecule has 0 bridgehead atoms. The Bertz CT molecular complexity index is 653. The minimum Gasteiger partial charge on any atom is -0.480 e. The maximum atomic E-state index is 12.2. The molecule has 6 nitrogen and oxygen atoms in total. The van der Waals surface area contributed by atoms with Gasteiger partial charge in [-0.25, -0.2) is 4.79 Å². The number of carbonyl (C=O) groups is 3. The summed E-state index contributed by atoms with van der Waals surface area (Å²) < 4.78 is 5.25. The number of esters is 1. The number of rotatable bonds is 35. The molecular formula is C38H73NO5. The average molecular weight is 624 g/mol. The Morgan fingerprint density at radius 2 is 0.818 bits per heavy atom. The summed E-state index contributed by atoms with van der Waals surface area (Å²) in [6.45, 7) is 4.83. The van der Waals surface area contributed by atoms with Crippen LogP contribution in [0.4, 0.5) is 0 Å². The second-order valence-electron chi connectivity index (χ2n) is 13.2. The van der Waals surface area contributed by atoms with E-state index in [1.807, 2.05) is 0 Å². The molecule has 0 aliphatic heterocycles. The number of hydrogen-bond acceptors (Lipinski definition) is 4. The fraction of sp³-hybridized carbons (Fsp3) is 0.921. The number of carboxylic acid groups (broad SMARTS) is 1. The van der Waals surface area contributed by atoms with Crippen molar-refractivity contribution in [1.29, 1.82) is 0 Å². The van der Waals surface area contributed by atoms with Crippen molar-refractivity contribution in [2.75, 3.05) is 6.61 Å². The molecule has 0 aliphatic rings. The molecule has 0 spiro atoms. The Morgan fingerprint density at radius 1 is 0.500 bits per heavy atom. The van der Waals surface area contributed by atoms with Crippen LogP contribution in [-0.2, 0) is 19.1 Å². The van der Waals surface area contributed by atoms with E-state index >= 15 is 0 Å². The Morgan fingerprint density at radius 3 is 1.16 bits per heavy atom. The number of carboxylic acids is 1. The quantitative estimate of drug-likeness (QED) is 0.0541. The maximum absolute atomic E-state index is 12.2. The number of aliphatic carboxylic acids is 1. The summed E-state index contributed by atoms with van der Waals surface area (Å²) in [6.07, 6.45) is 36.7. The smallest absolute Gasteiger partial charge is 0.326 e. The van der Waals surface area contributed by atoms with Crippen LogP contribution in [0.3, 0.4) is 0 Å². The number of unbranched alkanes of at least 4 members (excludes halogenated alkanes) is 27.